The number of benzene rings is 2. The van der Waals surface area contributed by atoms with Crippen LogP contribution in [-0.2, 0) is 13.0 Å². The number of anilines is 2. The highest BCUT2D eigenvalue weighted by molar-refractivity contribution is 9.10. The summed E-state index contributed by atoms with van der Waals surface area (Å²) in [6, 6.07) is 13.2. The molecule has 2 aromatic carbocycles. The Labute approximate surface area is 128 Å². The van der Waals surface area contributed by atoms with Gasteiger partial charge in [0.25, 0.3) is 0 Å². The van der Waals surface area contributed by atoms with Crippen LogP contribution in [-0.4, -0.2) is 13.6 Å². The largest absolute Gasteiger partial charge is 0.380 e. The fourth-order valence-electron chi connectivity index (χ4n) is 2.70. The van der Waals surface area contributed by atoms with E-state index in [1.165, 1.54) is 22.4 Å². The van der Waals surface area contributed by atoms with Crippen LogP contribution in [0.1, 0.15) is 16.7 Å². The third-order valence-electron chi connectivity index (χ3n) is 3.88. The maximum Gasteiger partial charge on any atom is 0.0489 e. The van der Waals surface area contributed by atoms with Gasteiger partial charge < -0.3 is 10.2 Å². The normalized spacial score (nSPS) is 13.4. The minimum Gasteiger partial charge on any atom is -0.380 e. The molecule has 1 heterocycles. The molecule has 0 bridgehead atoms. The minimum atomic E-state index is 0.860. The third-order valence-corrected chi connectivity index (χ3v) is 4.57. The summed E-state index contributed by atoms with van der Waals surface area (Å²) in [6.07, 6.45) is 1.16. The monoisotopic (exact) mass is 330 g/mol. The first-order valence-corrected chi connectivity index (χ1v) is 7.76. The van der Waals surface area contributed by atoms with Crippen molar-refractivity contribution in [2.75, 3.05) is 23.8 Å². The van der Waals surface area contributed by atoms with Gasteiger partial charge in [0.2, 0.25) is 0 Å². The van der Waals surface area contributed by atoms with Crippen molar-refractivity contribution in [2.24, 2.45) is 0 Å². The lowest BCUT2D eigenvalue weighted by atomic mass is 10.1. The Morgan fingerprint density at radius 1 is 1.20 bits per heavy atom. The van der Waals surface area contributed by atoms with Crippen molar-refractivity contribution in [1.29, 1.82) is 0 Å². The topological polar surface area (TPSA) is 15.3 Å². The molecule has 0 aromatic heterocycles. The average molecular weight is 331 g/mol. The Kier molecular flexibility index (Phi) is 3.70. The fraction of sp³-hybridized carbons (Fsp3) is 0.294. The lowest BCUT2D eigenvalue weighted by Gasteiger charge is -2.13. The molecule has 2 aromatic rings. The number of hydrogen-bond donors (Lipinski definition) is 1. The van der Waals surface area contributed by atoms with E-state index in [0.29, 0.717) is 0 Å². The number of fused-ring (bicyclic) bond motifs is 1. The second-order valence-corrected chi connectivity index (χ2v) is 6.33. The molecular weight excluding hydrogens is 312 g/mol. The van der Waals surface area contributed by atoms with Crippen LogP contribution < -0.4 is 10.2 Å². The van der Waals surface area contributed by atoms with Crippen molar-refractivity contribution in [1.82, 2.24) is 0 Å². The van der Waals surface area contributed by atoms with Crippen LogP contribution >= 0.6 is 15.9 Å². The summed E-state index contributed by atoms with van der Waals surface area (Å²) in [6.45, 7) is 4.11. The van der Waals surface area contributed by atoms with Gasteiger partial charge >= 0.3 is 0 Å². The van der Waals surface area contributed by atoms with Crippen LogP contribution in [0, 0.1) is 6.92 Å². The van der Waals surface area contributed by atoms with Gasteiger partial charge in [-0.1, -0.05) is 18.2 Å². The summed E-state index contributed by atoms with van der Waals surface area (Å²) in [5, 5.41) is 3.51. The Morgan fingerprint density at radius 2 is 2.05 bits per heavy atom. The number of nitrogens with one attached hydrogen (secondary N) is 1. The van der Waals surface area contributed by atoms with Gasteiger partial charge in [-0.2, -0.15) is 0 Å². The van der Waals surface area contributed by atoms with Crippen molar-refractivity contribution in [3.05, 3.63) is 57.6 Å². The number of hydrogen-bond acceptors (Lipinski definition) is 2. The molecule has 1 aliphatic heterocycles. The molecule has 0 amide bonds. The summed E-state index contributed by atoms with van der Waals surface area (Å²) in [7, 11) is 2.16. The number of aryl methyl sites for hydroxylation is 1. The highest BCUT2D eigenvalue weighted by Gasteiger charge is 2.15. The van der Waals surface area contributed by atoms with Crippen LogP contribution in [0.2, 0.25) is 0 Å². The zero-order chi connectivity index (χ0) is 14.1. The summed E-state index contributed by atoms with van der Waals surface area (Å²) in [5.74, 6) is 0. The van der Waals surface area contributed by atoms with Gasteiger partial charge in [0.1, 0.15) is 0 Å². The third kappa shape index (κ3) is 2.68. The van der Waals surface area contributed by atoms with E-state index >= 15 is 0 Å². The van der Waals surface area contributed by atoms with E-state index in [4.69, 9.17) is 0 Å². The minimum absolute atomic E-state index is 0.860. The van der Waals surface area contributed by atoms with E-state index in [1.54, 1.807) is 0 Å². The van der Waals surface area contributed by atoms with Crippen molar-refractivity contribution >= 4 is 27.3 Å². The van der Waals surface area contributed by atoms with Crippen LogP contribution in [0.3, 0.4) is 0 Å². The van der Waals surface area contributed by atoms with Crippen LogP contribution in [0.5, 0.6) is 0 Å². The molecule has 1 N–H and O–H groups in total. The smallest absolute Gasteiger partial charge is 0.0489 e. The molecule has 2 nitrogen and oxygen atoms in total. The molecule has 20 heavy (non-hydrogen) atoms. The van der Waals surface area contributed by atoms with E-state index in [0.717, 1.165) is 29.7 Å². The average Bonchev–Trinajstić information content (AvgIpc) is 2.81. The molecule has 3 rings (SSSR count). The summed E-state index contributed by atoms with van der Waals surface area (Å²) < 4.78 is 1.11. The van der Waals surface area contributed by atoms with Gasteiger partial charge in [-0.3, -0.25) is 0 Å². The number of rotatable bonds is 3. The molecule has 3 heteroatoms. The molecule has 104 valence electrons. The second-order valence-electron chi connectivity index (χ2n) is 5.47. The number of likely N-dealkylation sites (N-methyl/N-ethyl adjacent to an activating group) is 1. The van der Waals surface area contributed by atoms with Gasteiger partial charge in [0.15, 0.2) is 0 Å². The molecule has 0 aliphatic carbocycles. The van der Waals surface area contributed by atoms with E-state index in [9.17, 15) is 0 Å². The zero-order valence-corrected chi connectivity index (χ0v) is 13.5. The van der Waals surface area contributed by atoms with Crippen LogP contribution in [0.4, 0.5) is 11.4 Å². The number of nitrogens with zero attached hydrogens (tertiary/aromatic N) is 1. The first-order valence-electron chi connectivity index (χ1n) is 6.96. The molecular formula is C17H19BrN2. The van der Waals surface area contributed by atoms with Crippen molar-refractivity contribution < 1.29 is 0 Å². The van der Waals surface area contributed by atoms with E-state index in [1.807, 2.05) is 0 Å². The highest BCUT2D eigenvalue weighted by Crippen LogP contribution is 2.28. The van der Waals surface area contributed by atoms with Gasteiger partial charge in [-0.25, -0.2) is 0 Å². The van der Waals surface area contributed by atoms with Gasteiger partial charge in [0.05, 0.1) is 0 Å². The zero-order valence-electron chi connectivity index (χ0n) is 11.9. The molecule has 0 unspecified atom stereocenters. The summed E-state index contributed by atoms with van der Waals surface area (Å²) in [4.78, 5) is 2.32. The molecule has 0 saturated heterocycles. The molecule has 0 atom stereocenters. The van der Waals surface area contributed by atoms with Crippen LogP contribution in [0.25, 0.3) is 0 Å². The first kappa shape index (κ1) is 13.5. The molecule has 0 fully saturated rings. The standard InChI is InChI=1S/C17H19BrN2/c1-12-3-5-15(18)16(9-12)19-11-13-4-6-17-14(10-13)7-8-20(17)2/h3-6,9-10,19H,7-8,11H2,1-2H3. The number of halogens is 1. The molecule has 0 saturated carbocycles. The molecule has 1 aliphatic rings. The van der Waals surface area contributed by atoms with Crippen molar-refractivity contribution in [3.8, 4) is 0 Å². The summed E-state index contributed by atoms with van der Waals surface area (Å²) in [5.41, 5.74) is 6.61. The lowest BCUT2D eigenvalue weighted by molar-refractivity contribution is 0.955. The van der Waals surface area contributed by atoms with Gasteiger partial charge in [0, 0.05) is 36.0 Å². The first-order chi connectivity index (χ1) is 9.63. The van der Waals surface area contributed by atoms with E-state index in [-0.39, 0.29) is 0 Å². The Morgan fingerprint density at radius 3 is 2.90 bits per heavy atom. The Balaban J connectivity index is 1.74. The quantitative estimate of drug-likeness (QED) is 0.899. The molecule has 0 radical (unpaired) electrons. The van der Waals surface area contributed by atoms with Gasteiger partial charge in [-0.15, -0.1) is 0 Å². The summed E-state index contributed by atoms with van der Waals surface area (Å²) >= 11 is 3.59. The maximum atomic E-state index is 3.59. The maximum absolute atomic E-state index is 3.59. The van der Waals surface area contributed by atoms with E-state index < -0.39 is 0 Å². The molecule has 0 spiro atoms. The van der Waals surface area contributed by atoms with Crippen molar-refractivity contribution in [3.63, 3.8) is 0 Å². The second kappa shape index (κ2) is 5.49. The SMILES string of the molecule is Cc1ccc(Br)c(NCc2ccc3c(c2)CCN3C)c1. The predicted octanol–water partition coefficient (Wildman–Crippen LogP) is 4.36. The van der Waals surface area contributed by atoms with E-state index in [2.05, 4.69) is 76.5 Å². The lowest BCUT2D eigenvalue weighted by Crippen LogP contribution is -2.12. The highest BCUT2D eigenvalue weighted by atomic mass is 79.9. The van der Waals surface area contributed by atoms with Gasteiger partial charge in [-0.05, 0) is 64.2 Å². The Hall–Kier alpha value is -1.48. The Bertz CT molecular complexity index is 637. The predicted molar refractivity (Wildman–Crippen MR) is 89.6 cm³/mol. The fourth-order valence-corrected chi connectivity index (χ4v) is 3.09. The van der Waals surface area contributed by atoms with Crippen LogP contribution in [0.15, 0.2) is 40.9 Å². The van der Waals surface area contributed by atoms with Crippen molar-refractivity contribution in [2.45, 2.75) is 19.9 Å².